The van der Waals surface area contributed by atoms with Gasteiger partial charge in [0.2, 0.25) is 0 Å². The third-order valence-electron chi connectivity index (χ3n) is 4.82. The molecule has 0 atom stereocenters. The Labute approximate surface area is 192 Å². The Morgan fingerprint density at radius 1 is 0.636 bits per heavy atom. The molecule has 3 rings (SSSR count). The monoisotopic (exact) mass is 448 g/mol. The average molecular weight is 448 g/mol. The predicted octanol–water partition coefficient (Wildman–Crippen LogP) is 4.84. The highest BCUT2D eigenvalue weighted by Gasteiger charge is 2.13. The summed E-state index contributed by atoms with van der Waals surface area (Å²) in [4.78, 5) is 25.0. The summed E-state index contributed by atoms with van der Waals surface area (Å²) in [5, 5.41) is 0. The van der Waals surface area contributed by atoms with Crippen molar-refractivity contribution < 1.29 is 33.3 Å². The second-order valence-corrected chi connectivity index (χ2v) is 6.79. The molecule has 0 aromatic heterocycles. The minimum Gasteiger partial charge on any atom is -0.497 e. The molecule has 0 heterocycles. The average Bonchev–Trinajstić information content (AvgIpc) is 2.86. The van der Waals surface area contributed by atoms with Crippen LogP contribution in [0.2, 0.25) is 0 Å². The van der Waals surface area contributed by atoms with E-state index in [0.29, 0.717) is 45.4 Å². The number of rotatable bonds is 9. The molecule has 0 unspecified atom stereocenters. The van der Waals surface area contributed by atoms with Gasteiger partial charge in [0.15, 0.2) is 17.3 Å². The maximum atomic E-state index is 12.6. The van der Waals surface area contributed by atoms with Crippen molar-refractivity contribution in [3.8, 4) is 28.7 Å². The lowest BCUT2D eigenvalue weighted by Crippen LogP contribution is -2.09. The molecule has 0 bridgehead atoms. The number of hydrogen-bond acceptors (Lipinski definition) is 7. The predicted molar refractivity (Wildman–Crippen MR) is 124 cm³/mol. The zero-order valence-electron chi connectivity index (χ0n) is 18.8. The lowest BCUT2D eigenvalue weighted by molar-refractivity contribution is 0.0734. The van der Waals surface area contributed by atoms with Gasteiger partial charge in [-0.2, -0.15) is 0 Å². The number of hydrogen-bond donors (Lipinski definition) is 0. The van der Waals surface area contributed by atoms with Crippen molar-refractivity contribution in [2.75, 3.05) is 28.4 Å². The number of methoxy groups -OCH3 is 4. The molecular formula is C26H24O7. The van der Waals surface area contributed by atoms with E-state index in [4.69, 9.17) is 23.7 Å². The van der Waals surface area contributed by atoms with Gasteiger partial charge in [0.25, 0.3) is 0 Å². The summed E-state index contributed by atoms with van der Waals surface area (Å²) in [6, 6.07) is 16.4. The highest BCUT2D eigenvalue weighted by atomic mass is 16.5. The quantitative estimate of drug-likeness (QED) is 0.201. The number of benzene rings is 3. The molecule has 33 heavy (non-hydrogen) atoms. The number of allylic oxidation sites excluding steroid dienone is 1. The van der Waals surface area contributed by atoms with Crippen LogP contribution in [0, 0.1) is 0 Å². The van der Waals surface area contributed by atoms with Crippen LogP contribution in [0.3, 0.4) is 0 Å². The third kappa shape index (κ3) is 5.71. The molecule has 3 aromatic rings. The van der Waals surface area contributed by atoms with Gasteiger partial charge in [-0.05, 0) is 72.8 Å². The standard InChI is InChI=1S/C26H24O7/c1-29-21-11-14-23(30-2)18(15-21)7-12-22(27)17-5-9-20(10-6-17)33-26(28)19-8-13-24(31-3)25(16-19)32-4/h5-16H,1-4H3. The van der Waals surface area contributed by atoms with Gasteiger partial charge in [-0.25, -0.2) is 4.79 Å². The van der Waals surface area contributed by atoms with E-state index in [1.807, 2.05) is 0 Å². The number of ether oxygens (including phenoxy) is 5. The van der Waals surface area contributed by atoms with E-state index in [0.717, 1.165) is 0 Å². The van der Waals surface area contributed by atoms with Crippen LogP contribution in [-0.2, 0) is 0 Å². The first-order chi connectivity index (χ1) is 16.0. The van der Waals surface area contributed by atoms with Crippen LogP contribution in [0.1, 0.15) is 26.3 Å². The highest BCUT2D eigenvalue weighted by Crippen LogP contribution is 2.28. The van der Waals surface area contributed by atoms with E-state index in [1.54, 1.807) is 74.9 Å². The van der Waals surface area contributed by atoms with Gasteiger partial charge >= 0.3 is 5.97 Å². The molecule has 0 aliphatic carbocycles. The van der Waals surface area contributed by atoms with Gasteiger partial charge < -0.3 is 23.7 Å². The van der Waals surface area contributed by atoms with Gasteiger partial charge in [0.05, 0.1) is 34.0 Å². The number of carbonyl (C=O) groups is 2. The van der Waals surface area contributed by atoms with Gasteiger partial charge in [-0.3, -0.25) is 4.79 Å². The number of carbonyl (C=O) groups excluding carboxylic acids is 2. The van der Waals surface area contributed by atoms with Gasteiger partial charge in [0, 0.05) is 11.1 Å². The van der Waals surface area contributed by atoms with E-state index >= 15 is 0 Å². The Bertz CT molecular complexity index is 1160. The first-order valence-electron chi connectivity index (χ1n) is 9.97. The smallest absolute Gasteiger partial charge is 0.343 e. The molecule has 0 N–H and O–H groups in total. The summed E-state index contributed by atoms with van der Waals surface area (Å²) in [5.74, 6) is 1.76. The van der Waals surface area contributed by atoms with Crippen molar-refractivity contribution >= 4 is 17.8 Å². The molecule has 0 spiro atoms. The molecule has 7 nitrogen and oxygen atoms in total. The zero-order valence-corrected chi connectivity index (χ0v) is 18.8. The Kier molecular flexibility index (Phi) is 7.70. The molecule has 0 radical (unpaired) electrons. The van der Waals surface area contributed by atoms with E-state index in [-0.39, 0.29) is 5.78 Å². The van der Waals surface area contributed by atoms with Crippen LogP contribution < -0.4 is 23.7 Å². The van der Waals surface area contributed by atoms with Crippen molar-refractivity contribution in [3.63, 3.8) is 0 Å². The van der Waals surface area contributed by atoms with Crippen molar-refractivity contribution in [1.82, 2.24) is 0 Å². The largest absolute Gasteiger partial charge is 0.497 e. The molecule has 0 amide bonds. The van der Waals surface area contributed by atoms with Gasteiger partial charge in [-0.1, -0.05) is 0 Å². The summed E-state index contributed by atoms with van der Waals surface area (Å²) >= 11 is 0. The van der Waals surface area contributed by atoms with Crippen LogP contribution in [0.15, 0.2) is 66.7 Å². The van der Waals surface area contributed by atoms with Crippen LogP contribution in [0.5, 0.6) is 28.7 Å². The van der Waals surface area contributed by atoms with Crippen LogP contribution in [0.4, 0.5) is 0 Å². The minimum atomic E-state index is -0.556. The van der Waals surface area contributed by atoms with E-state index < -0.39 is 5.97 Å². The SMILES string of the molecule is COc1ccc(OC)c(C=CC(=O)c2ccc(OC(=O)c3ccc(OC)c(OC)c3)cc2)c1. The second-order valence-electron chi connectivity index (χ2n) is 6.79. The first-order valence-corrected chi connectivity index (χ1v) is 9.97. The summed E-state index contributed by atoms with van der Waals surface area (Å²) in [6.45, 7) is 0. The van der Waals surface area contributed by atoms with Crippen LogP contribution in [0.25, 0.3) is 6.08 Å². The van der Waals surface area contributed by atoms with Crippen molar-refractivity contribution in [2.45, 2.75) is 0 Å². The van der Waals surface area contributed by atoms with E-state index in [2.05, 4.69) is 0 Å². The normalized spacial score (nSPS) is 10.5. The Hall–Kier alpha value is -4.26. The summed E-state index contributed by atoms with van der Waals surface area (Å²) in [5.41, 5.74) is 1.47. The fourth-order valence-electron chi connectivity index (χ4n) is 3.05. The fraction of sp³-hybridized carbons (Fsp3) is 0.154. The fourth-order valence-corrected chi connectivity index (χ4v) is 3.05. The maximum Gasteiger partial charge on any atom is 0.343 e. The van der Waals surface area contributed by atoms with Crippen molar-refractivity contribution in [1.29, 1.82) is 0 Å². The molecule has 0 fully saturated rings. The molecule has 7 heteroatoms. The van der Waals surface area contributed by atoms with Crippen molar-refractivity contribution in [3.05, 3.63) is 83.4 Å². The topological polar surface area (TPSA) is 80.3 Å². The second kappa shape index (κ2) is 10.9. The number of ketones is 1. The Balaban J connectivity index is 1.69. The number of esters is 1. The molecule has 170 valence electrons. The molecule has 0 saturated heterocycles. The van der Waals surface area contributed by atoms with E-state index in [1.165, 1.54) is 26.4 Å². The van der Waals surface area contributed by atoms with Gasteiger partial charge in [-0.15, -0.1) is 0 Å². The Morgan fingerprint density at radius 2 is 1.24 bits per heavy atom. The zero-order chi connectivity index (χ0) is 23.8. The molecule has 0 aliphatic heterocycles. The molecular weight excluding hydrogens is 424 g/mol. The molecule has 3 aromatic carbocycles. The third-order valence-corrected chi connectivity index (χ3v) is 4.82. The first kappa shape index (κ1) is 23.4. The lowest BCUT2D eigenvalue weighted by Gasteiger charge is -2.09. The molecule has 0 aliphatic rings. The lowest BCUT2D eigenvalue weighted by atomic mass is 10.1. The summed E-state index contributed by atoms with van der Waals surface area (Å²) < 4.78 is 26.3. The molecule has 0 saturated carbocycles. The van der Waals surface area contributed by atoms with Gasteiger partial charge in [0.1, 0.15) is 17.2 Å². The van der Waals surface area contributed by atoms with Crippen molar-refractivity contribution in [2.24, 2.45) is 0 Å². The van der Waals surface area contributed by atoms with E-state index in [9.17, 15) is 9.59 Å². The maximum absolute atomic E-state index is 12.6. The minimum absolute atomic E-state index is 0.211. The highest BCUT2D eigenvalue weighted by molar-refractivity contribution is 6.07. The summed E-state index contributed by atoms with van der Waals surface area (Å²) in [6.07, 6.45) is 3.11. The Morgan fingerprint density at radius 3 is 1.88 bits per heavy atom. The van der Waals surface area contributed by atoms with Crippen LogP contribution in [-0.4, -0.2) is 40.2 Å². The van der Waals surface area contributed by atoms with Crippen LogP contribution >= 0.6 is 0 Å². The summed E-state index contributed by atoms with van der Waals surface area (Å²) in [7, 11) is 6.13.